The van der Waals surface area contributed by atoms with Crippen LogP contribution in [-0.4, -0.2) is 39.0 Å². The number of hydrogen-bond donors (Lipinski definition) is 1. The second kappa shape index (κ2) is 6.24. The molecule has 1 N–H and O–H groups in total. The van der Waals surface area contributed by atoms with Gasteiger partial charge in [0.25, 0.3) is 0 Å². The summed E-state index contributed by atoms with van der Waals surface area (Å²) in [7, 11) is 0. The Morgan fingerprint density at radius 2 is 2.13 bits per heavy atom. The quantitative estimate of drug-likeness (QED) is 0.940. The van der Waals surface area contributed by atoms with Crippen molar-refractivity contribution in [3.05, 3.63) is 48.2 Å². The summed E-state index contributed by atoms with van der Waals surface area (Å²) in [6, 6.07) is 4.68. The lowest BCUT2D eigenvalue weighted by atomic mass is 9.98. The van der Waals surface area contributed by atoms with E-state index in [0.717, 1.165) is 24.8 Å². The van der Waals surface area contributed by atoms with Crippen molar-refractivity contribution in [3.63, 3.8) is 0 Å². The molecule has 1 saturated heterocycles. The topological polar surface area (TPSA) is 53.9 Å². The molecule has 1 aliphatic heterocycles. The van der Waals surface area contributed by atoms with Crippen LogP contribution in [0, 0.1) is 18.8 Å². The van der Waals surface area contributed by atoms with Gasteiger partial charge in [-0.05, 0) is 43.2 Å². The van der Waals surface area contributed by atoms with Gasteiger partial charge in [-0.3, -0.25) is 14.9 Å². The van der Waals surface area contributed by atoms with Gasteiger partial charge in [0.2, 0.25) is 0 Å². The number of nitrogens with one attached hydrogen (secondary N) is 1. The van der Waals surface area contributed by atoms with Crippen molar-refractivity contribution >= 4 is 5.82 Å². The van der Waals surface area contributed by atoms with Gasteiger partial charge < -0.3 is 5.32 Å². The summed E-state index contributed by atoms with van der Waals surface area (Å²) in [6.45, 7) is 5.47. The number of aromatic nitrogens is 3. The van der Waals surface area contributed by atoms with Crippen LogP contribution in [0.5, 0.6) is 0 Å². The lowest BCUT2D eigenvalue weighted by Crippen LogP contribution is -2.30. The third kappa shape index (κ3) is 3.06. The van der Waals surface area contributed by atoms with Crippen molar-refractivity contribution < 1.29 is 0 Å². The highest BCUT2D eigenvalue weighted by atomic mass is 15.2. The number of likely N-dealkylation sites (tertiary alicyclic amines) is 1. The second-order valence-corrected chi connectivity index (χ2v) is 6.80. The third-order valence-electron chi connectivity index (χ3n) is 5.32. The molecule has 2 aromatic heterocycles. The van der Waals surface area contributed by atoms with E-state index in [1.54, 1.807) is 12.4 Å². The minimum absolute atomic E-state index is 0.520. The molecule has 2 aliphatic rings. The molecule has 0 amide bonds. The molecule has 4 rings (SSSR count). The first-order valence-corrected chi connectivity index (χ1v) is 8.45. The molecule has 23 heavy (non-hydrogen) atoms. The first kappa shape index (κ1) is 14.6. The molecular weight excluding hydrogens is 286 g/mol. The molecule has 5 heteroatoms. The number of pyridine rings is 1. The van der Waals surface area contributed by atoms with Crippen molar-refractivity contribution in [1.82, 2.24) is 19.9 Å². The van der Waals surface area contributed by atoms with Crippen LogP contribution in [0.4, 0.5) is 5.82 Å². The van der Waals surface area contributed by atoms with Crippen LogP contribution in [-0.2, 0) is 6.54 Å². The zero-order valence-corrected chi connectivity index (χ0v) is 13.5. The molecule has 0 unspecified atom stereocenters. The van der Waals surface area contributed by atoms with Crippen LogP contribution in [0.3, 0.4) is 0 Å². The van der Waals surface area contributed by atoms with E-state index in [-0.39, 0.29) is 0 Å². The van der Waals surface area contributed by atoms with Gasteiger partial charge >= 0.3 is 0 Å². The molecule has 0 bridgehead atoms. The first-order valence-electron chi connectivity index (χ1n) is 8.45. The van der Waals surface area contributed by atoms with Crippen molar-refractivity contribution in [3.8, 4) is 0 Å². The minimum Gasteiger partial charge on any atom is -0.366 e. The molecular formula is C18H23N5. The van der Waals surface area contributed by atoms with Crippen molar-refractivity contribution in [2.75, 3.05) is 18.4 Å². The van der Waals surface area contributed by atoms with Gasteiger partial charge in [0.1, 0.15) is 5.82 Å². The van der Waals surface area contributed by atoms with Gasteiger partial charge in [0.15, 0.2) is 0 Å². The molecule has 1 saturated carbocycles. The summed E-state index contributed by atoms with van der Waals surface area (Å²) in [5.41, 5.74) is 2.50. The molecule has 5 nitrogen and oxygen atoms in total. The zero-order chi connectivity index (χ0) is 15.6. The average molecular weight is 309 g/mol. The molecule has 0 aromatic carbocycles. The number of anilines is 1. The fourth-order valence-corrected chi connectivity index (χ4v) is 4.13. The molecule has 3 atom stereocenters. The molecule has 3 heterocycles. The Morgan fingerprint density at radius 3 is 2.96 bits per heavy atom. The average Bonchev–Trinajstić information content (AvgIpc) is 3.12. The van der Waals surface area contributed by atoms with E-state index in [9.17, 15) is 0 Å². The Morgan fingerprint density at radius 1 is 1.17 bits per heavy atom. The summed E-state index contributed by atoms with van der Waals surface area (Å²) in [4.78, 5) is 15.6. The zero-order valence-electron chi connectivity index (χ0n) is 13.5. The number of hydrogen-bond acceptors (Lipinski definition) is 5. The summed E-state index contributed by atoms with van der Waals surface area (Å²) in [6.07, 6.45) is 9.73. The molecule has 0 spiro atoms. The highest BCUT2D eigenvalue weighted by Crippen LogP contribution is 2.39. The van der Waals surface area contributed by atoms with Crippen LogP contribution >= 0.6 is 0 Å². The highest BCUT2D eigenvalue weighted by molar-refractivity contribution is 5.32. The maximum atomic E-state index is 4.55. The van der Waals surface area contributed by atoms with E-state index < -0.39 is 0 Å². The molecule has 120 valence electrons. The third-order valence-corrected chi connectivity index (χ3v) is 5.32. The lowest BCUT2D eigenvalue weighted by molar-refractivity contribution is 0.296. The Hall–Kier alpha value is -2.01. The fourth-order valence-electron chi connectivity index (χ4n) is 4.13. The Bertz CT molecular complexity index is 659. The molecule has 0 radical (unpaired) electrons. The van der Waals surface area contributed by atoms with Gasteiger partial charge in [0, 0.05) is 44.3 Å². The molecule has 2 aromatic rings. The number of aryl methyl sites for hydroxylation is 1. The van der Waals surface area contributed by atoms with Crippen LogP contribution in [0.15, 0.2) is 36.9 Å². The largest absolute Gasteiger partial charge is 0.366 e. The fraction of sp³-hybridized carbons (Fsp3) is 0.500. The smallest absolute Gasteiger partial charge is 0.144 e. The first-order chi connectivity index (χ1) is 11.3. The van der Waals surface area contributed by atoms with Gasteiger partial charge in [-0.2, -0.15) is 0 Å². The standard InChI is InChI=1S/C18H23N5/c1-13-3-2-6-20-17(13)12-23-10-14-4-5-16(15(14)11-23)22-18-9-19-7-8-21-18/h2-3,6-9,14-16H,4-5,10-12H2,1H3,(H,21,22)/t14-,15+,16-/m1/s1. The van der Waals surface area contributed by atoms with Crippen LogP contribution in [0.25, 0.3) is 0 Å². The van der Waals surface area contributed by atoms with E-state index in [1.165, 1.54) is 30.6 Å². The van der Waals surface area contributed by atoms with E-state index in [4.69, 9.17) is 0 Å². The monoisotopic (exact) mass is 309 g/mol. The maximum Gasteiger partial charge on any atom is 0.144 e. The van der Waals surface area contributed by atoms with E-state index in [2.05, 4.69) is 38.2 Å². The van der Waals surface area contributed by atoms with Crippen molar-refractivity contribution in [2.24, 2.45) is 11.8 Å². The normalized spacial score (nSPS) is 27.1. The van der Waals surface area contributed by atoms with Crippen molar-refractivity contribution in [1.29, 1.82) is 0 Å². The number of nitrogens with zero attached hydrogens (tertiary/aromatic N) is 4. The minimum atomic E-state index is 0.520. The Labute approximate surface area is 137 Å². The van der Waals surface area contributed by atoms with E-state index in [0.29, 0.717) is 12.0 Å². The lowest BCUT2D eigenvalue weighted by Gasteiger charge is -2.22. The SMILES string of the molecule is Cc1cccnc1CN1C[C@H]2CC[C@@H](Nc3cnccn3)[C@H]2C1. The molecule has 1 aliphatic carbocycles. The summed E-state index contributed by atoms with van der Waals surface area (Å²) in [5, 5.41) is 3.59. The highest BCUT2D eigenvalue weighted by Gasteiger charge is 2.42. The summed E-state index contributed by atoms with van der Waals surface area (Å²) in [5.74, 6) is 2.41. The number of rotatable bonds is 4. The summed E-state index contributed by atoms with van der Waals surface area (Å²) >= 11 is 0. The van der Waals surface area contributed by atoms with Gasteiger partial charge in [-0.25, -0.2) is 4.98 Å². The summed E-state index contributed by atoms with van der Waals surface area (Å²) < 4.78 is 0. The van der Waals surface area contributed by atoms with Gasteiger partial charge in [0.05, 0.1) is 11.9 Å². The number of fused-ring (bicyclic) bond motifs is 1. The maximum absolute atomic E-state index is 4.55. The van der Waals surface area contributed by atoms with Crippen LogP contribution in [0.2, 0.25) is 0 Å². The second-order valence-electron chi connectivity index (χ2n) is 6.80. The van der Waals surface area contributed by atoms with Gasteiger partial charge in [-0.15, -0.1) is 0 Å². The Kier molecular flexibility index (Phi) is 3.95. The van der Waals surface area contributed by atoms with E-state index in [1.807, 2.05) is 18.5 Å². The Balaban J connectivity index is 1.40. The van der Waals surface area contributed by atoms with Crippen molar-refractivity contribution in [2.45, 2.75) is 32.4 Å². The predicted octanol–water partition coefficient (Wildman–Crippen LogP) is 2.50. The van der Waals surface area contributed by atoms with Crippen LogP contribution in [0.1, 0.15) is 24.1 Å². The predicted molar refractivity (Wildman–Crippen MR) is 89.9 cm³/mol. The molecule has 2 fully saturated rings. The van der Waals surface area contributed by atoms with Gasteiger partial charge in [-0.1, -0.05) is 6.07 Å². The van der Waals surface area contributed by atoms with Crippen LogP contribution < -0.4 is 5.32 Å². The van der Waals surface area contributed by atoms with E-state index >= 15 is 0 Å².